The van der Waals surface area contributed by atoms with Crippen LogP contribution < -0.4 is 5.73 Å². The molecule has 0 saturated carbocycles. The van der Waals surface area contributed by atoms with Crippen LogP contribution in [0.15, 0.2) is 35.0 Å². The molecule has 19 heavy (non-hydrogen) atoms. The average Bonchev–Trinajstić information content (AvgIpc) is 3.07. The predicted molar refractivity (Wildman–Crippen MR) is 82.4 cm³/mol. The van der Waals surface area contributed by atoms with Crippen molar-refractivity contribution in [3.63, 3.8) is 0 Å². The summed E-state index contributed by atoms with van der Waals surface area (Å²) in [6, 6.07) is 8.54. The normalized spacial score (nSPS) is 10.8. The van der Waals surface area contributed by atoms with Crippen LogP contribution in [0.4, 0.5) is 5.13 Å². The highest BCUT2D eigenvalue weighted by Gasteiger charge is 2.09. The molecule has 0 radical (unpaired) electrons. The van der Waals surface area contributed by atoms with Crippen LogP contribution in [0, 0.1) is 0 Å². The number of nitrogens with zero attached hydrogens (tertiary/aromatic N) is 2. The lowest BCUT2D eigenvalue weighted by Crippen LogP contribution is -1.84. The Morgan fingerprint density at radius 1 is 1.00 bits per heavy atom. The quantitative estimate of drug-likeness (QED) is 0.789. The van der Waals surface area contributed by atoms with Gasteiger partial charge in [-0.15, -0.1) is 22.7 Å². The first-order valence-electron chi connectivity index (χ1n) is 6.02. The van der Waals surface area contributed by atoms with Crippen molar-refractivity contribution in [2.24, 2.45) is 0 Å². The van der Waals surface area contributed by atoms with Crippen LogP contribution in [-0.2, 0) is 6.42 Å². The Kier molecular flexibility index (Phi) is 3.31. The van der Waals surface area contributed by atoms with Gasteiger partial charge in [0.15, 0.2) is 5.13 Å². The molecule has 0 bridgehead atoms. The van der Waals surface area contributed by atoms with Crippen LogP contribution in [0.25, 0.3) is 22.0 Å². The molecule has 0 atom stereocenters. The van der Waals surface area contributed by atoms with Crippen LogP contribution in [0.2, 0.25) is 0 Å². The lowest BCUT2D eigenvalue weighted by atomic mass is 10.1. The molecule has 2 heterocycles. The maximum Gasteiger partial charge on any atom is 0.180 e. The summed E-state index contributed by atoms with van der Waals surface area (Å²) in [6.45, 7) is 2.16. The zero-order valence-corrected chi connectivity index (χ0v) is 12.1. The monoisotopic (exact) mass is 287 g/mol. The summed E-state index contributed by atoms with van der Waals surface area (Å²) < 4.78 is 0. The van der Waals surface area contributed by atoms with E-state index < -0.39 is 0 Å². The summed E-state index contributed by atoms with van der Waals surface area (Å²) in [5.41, 5.74) is 9.89. The number of thiazole rings is 2. The molecule has 3 nitrogen and oxygen atoms in total. The third kappa shape index (κ3) is 2.52. The largest absolute Gasteiger partial charge is 0.375 e. The average molecular weight is 287 g/mol. The lowest BCUT2D eigenvalue weighted by Gasteiger charge is -1.98. The SMILES string of the molecule is CCc1ccc(-c2nc(-c3csc(N)n3)cs2)cc1. The second-order valence-electron chi connectivity index (χ2n) is 4.16. The number of aryl methyl sites for hydroxylation is 1. The number of anilines is 1. The zero-order chi connectivity index (χ0) is 13.2. The molecule has 2 N–H and O–H groups in total. The van der Waals surface area contributed by atoms with Crippen molar-refractivity contribution in [3.8, 4) is 22.0 Å². The van der Waals surface area contributed by atoms with E-state index in [9.17, 15) is 0 Å². The van der Waals surface area contributed by atoms with E-state index >= 15 is 0 Å². The molecule has 5 heteroatoms. The first-order valence-corrected chi connectivity index (χ1v) is 7.78. The summed E-state index contributed by atoms with van der Waals surface area (Å²) in [4.78, 5) is 8.88. The fourth-order valence-corrected chi connectivity index (χ4v) is 3.19. The van der Waals surface area contributed by atoms with Crippen LogP contribution in [0.3, 0.4) is 0 Å². The van der Waals surface area contributed by atoms with Gasteiger partial charge in [-0.3, -0.25) is 0 Å². The summed E-state index contributed by atoms with van der Waals surface area (Å²) in [6.07, 6.45) is 1.06. The molecule has 0 aliphatic heterocycles. The fourth-order valence-electron chi connectivity index (χ4n) is 1.81. The van der Waals surface area contributed by atoms with Gasteiger partial charge in [0.1, 0.15) is 16.4 Å². The van der Waals surface area contributed by atoms with Gasteiger partial charge < -0.3 is 5.73 Å². The van der Waals surface area contributed by atoms with Gasteiger partial charge in [0.2, 0.25) is 0 Å². The molecule has 0 spiro atoms. The molecule has 0 amide bonds. The summed E-state index contributed by atoms with van der Waals surface area (Å²) in [7, 11) is 0. The molecule has 1 aromatic carbocycles. The van der Waals surface area contributed by atoms with Crippen molar-refractivity contribution in [2.75, 3.05) is 5.73 Å². The Balaban J connectivity index is 1.91. The van der Waals surface area contributed by atoms with E-state index in [1.165, 1.54) is 16.9 Å². The minimum Gasteiger partial charge on any atom is -0.375 e. The Labute approximate surface area is 119 Å². The molecular formula is C14H13N3S2. The summed E-state index contributed by atoms with van der Waals surface area (Å²) in [5.74, 6) is 0. The van der Waals surface area contributed by atoms with Crippen molar-refractivity contribution in [3.05, 3.63) is 40.6 Å². The van der Waals surface area contributed by atoms with E-state index in [1.807, 2.05) is 10.8 Å². The third-order valence-corrected chi connectivity index (χ3v) is 4.46. The number of hydrogen-bond acceptors (Lipinski definition) is 5. The van der Waals surface area contributed by atoms with Crippen molar-refractivity contribution >= 4 is 27.8 Å². The fraction of sp³-hybridized carbons (Fsp3) is 0.143. The number of rotatable bonds is 3. The standard InChI is InChI=1S/C14H13N3S2/c1-2-9-3-5-10(6-4-9)13-16-11(7-18-13)12-8-19-14(15)17-12/h3-8H,2H2,1H3,(H2,15,17). The van der Waals surface area contributed by atoms with Crippen LogP contribution in [0.1, 0.15) is 12.5 Å². The molecule has 0 aliphatic rings. The van der Waals surface area contributed by atoms with Gasteiger partial charge in [0, 0.05) is 16.3 Å². The summed E-state index contributed by atoms with van der Waals surface area (Å²) in [5, 5.41) is 5.56. The highest BCUT2D eigenvalue weighted by Crippen LogP contribution is 2.30. The zero-order valence-electron chi connectivity index (χ0n) is 10.5. The van der Waals surface area contributed by atoms with Crippen molar-refractivity contribution < 1.29 is 0 Å². The van der Waals surface area contributed by atoms with E-state index in [1.54, 1.807) is 11.3 Å². The molecule has 0 saturated heterocycles. The molecule has 3 rings (SSSR count). The maximum atomic E-state index is 5.65. The molecule has 0 aliphatic carbocycles. The molecule has 0 unspecified atom stereocenters. The lowest BCUT2D eigenvalue weighted by molar-refractivity contribution is 1.14. The Hall–Kier alpha value is -1.72. The number of benzene rings is 1. The van der Waals surface area contributed by atoms with E-state index in [4.69, 9.17) is 5.73 Å². The van der Waals surface area contributed by atoms with Gasteiger partial charge in [0.25, 0.3) is 0 Å². The van der Waals surface area contributed by atoms with E-state index in [0.717, 1.165) is 28.4 Å². The first-order chi connectivity index (χ1) is 9.26. The van der Waals surface area contributed by atoms with E-state index in [2.05, 4.69) is 41.2 Å². The Morgan fingerprint density at radius 3 is 2.32 bits per heavy atom. The van der Waals surface area contributed by atoms with Gasteiger partial charge >= 0.3 is 0 Å². The molecule has 0 fully saturated rings. The van der Waals surface area contributed by atoms with E-state index in [-0.39, 0.29) is 0 Å². The van der Waals surface area contributed by atoms with Gasteiger partial charge in [-0.05, 0) is 12.0 Å². The summed E-state index contributed by atoms with van der Waals surface area (Å²) >= 11 is 3.07. The minimum atomic E-state index is 0.580. The van der Waals surface area contributed by atoms with Gasteiger partial charge in [-0.25, -0.2) is 9.97 Å². The van der Waals surface area contributed by atoms with Crippen molar-refractivity contribution in [1.82, 2.24) is 9.97 Å². The number of nitrogens with two attached hydrogens (primary N) is 1. The van der Waals surface area contributed by atoms with Gasteiger partial charge in [-0.1, -0.05) is 31.2 Å². The van der Waals surface area contributed by atoms with Crippen LogP contribution in [-0.4, -0.2) is 9.97 Å². The Morgan fingerprint density at radius 2 is 1.68 bits per heavy atom. The third-order valence-electron chi connectivity index (χ3n) is 2.90. The maximum absolute atomic E-state index is 5.65. The first kappa shape index (κ1) is 12.3. The topological polar surface area (TPSA) is 51.8 Å². The second kappa shape index (κ2) is 5.11. The second-order valence-corrected chi connectivity index (χ2v) is 5.91. The number of nitrogen functional groups attached to an aromatic ring is 1. The van der Waals surface area contributed by atoms with Gasteiger partial charge in [0.05, 0.1) is 0 Å². The highest BCUT2D eigenvalue weighted by molar-refractivity contribution is 7.14. The van der Waals surface area contributed by atoms with Gasteiger partial charge in [-0.2, -0.15) is 0 Å². The van der Waals surface area contributed by atoms with E-state index in [0.29, 0.717) is 5.13 Å². The minimum absolute atomic E-state index is 0.580. The molecule has 96 valence electrons. The number of hydrogen-bond donors (Lipinski definition) is 1. The smallest absolute Gasteiger partial charge is 0.180 e. The molecule has 3 aromatic rings. The Bertz CT molecular complexity index is 683. The highest BCUT2D eigenvalue weighted by atomic mass is 32.1. The van der Waals surface area contributed by atoms with Crippen LogP contribution in [0.5, 0.6) is 0 Å². The van der Waals surface area contributed by atoms with Crippen LogP contribution >= 0.6 is 22.7 Å². The predicted octanol–water partition coefficient (Wildman–Crippen LogP) is 4.08. The van der Waals surface area contributed by atoms with Crippen molar-refractivity contribution in [2.45, 2.75) is 13.3 Å². The number of aromatic nitrogens is 2. The molecule has 2 aromatic heterocycles. The van der Waals surface area contributed by atoms with Crippen molar-refractivity contribution in [1.29, 1.82) is 0 Å². The molecular weight excluding hydrogens is 274 g/mol.